The quantitative estimate of drug-likeness (QED) is 0.552. The van der Waals surface area contributed by atoms with Gasteiger partial charge in [0.1, 0.15) is 5.75 Å². The first kappa shape index (κ1) is 14.6. The zero-order chi connectivity index (χ0) is 14.4. The molecule has 6 nitrogen and oxygen atoms in total. The van der Waals surface area contributed by atoms with Crippen LogP contribution in [0.15, 0.2) is 12.1 Å². The molecule has 1 aromatic rings. The third-order valence-electron chi connectivity index (χ3n) is 2.98. The number of nitrogens with one attached hydrogen (secondary N) is 1. The molecular formula is C14H20N2O4. The van der Waals surface area contributed by atoms with Crippen LogP contribution in [0, 0.1) is 0 Å². The fourth-order valence-electron chi connectivity index (χ4n) is 1.99. The second-order valence-corrected chi connectivity index (χ2v) is 4.58. The third-order valence-corrected chi connectivity index (χ3v) is 2.98. The van der Waals surface area contributed by atoms with Crippen LogP contribution in [-0.4, -0.2) is 39.4 Å². The lowest BCUT2D eigenvalue weighted by molar-refractivity contribution is -0.115. The minimum atomic E-state index is -0.0110. The van der Waals surface area contributed by atoms with Crippen LogP contribution in [-0.2, 0) is 20.7 Å². The van der Waals surface area contributed by atoms with Gasteiger partial charge in [0.2, 0.25) is 5.91 Å². The minimum absolute atomic E-state index is 0.0110. The van der Waals surface area contributed by atoms with Crippen molar-refractivity contribution in [2.75, 3.05) is 44.6 Å². The molecule has 1 aromatic carbocycles. The lowest BCUT2D eigenvalue weighted by atomic mass is 10.1. The molecule has 0 saturated heterocycles. The molecule has 0 fully saturated rings. The van der Waals surface area contributed by atoms with Crippen molar-refractivity contribution in [3.8, 4) is 5.75 Å². The summed E-state index contributed by atoms with van der Waals surface area (Å²) in [6.07, 6.45) is 1.15. The lowest BCUT2D eigenvalue weighted by Gasteiger charge is -2.11. The molecule has 1 aliphatic heterocycles. The molecule has 0 aliphatic carbocycles. The highest BCUT2D eigenvalue weighted by Gasteiger charge is 2.19. The first-order valence-electron chi connectivity index (χ1n) is 6.62. The van der Waals surface area contributed by atoms with Gasteiger partial charge in [0.05, 0.1) is 31.9 Å². The highest BCUT2D eigenvalue weighted by molar-refractivity contribution is 6.00. The Hall–Kier alpha value is -1.79. The lowest BCUT2D eigenvalue weighted by Crippen LogP contribution is -2.07. The Morgan fingerprint density at radius 2 is 2.10 bits per heavy atom. The number of anilines is 2. The number of fused-ring (bicyclic) bond motifs is 1. The van der Waals surface area contributed by atoms with Crippen LogP contribution in [0.4, 0.5) is 11.4 Å². The number of hydrogen-bond acceptors (Lipinski definition) is 5. The van der Waals surface area contributed by atoms with Crippen molar-refractivity contribution in [2.24, 2.45) is 0 Å². The van der Waals surface area contributed by atoms with Crippen LogP contribution in [0.5, 0.6) is 5.75 Å². The second-order valence-electron chi connectivity index (χ2n) is 4.58. The Morgan fingerprint density at radius 1 is 1.25 bits per heavy atom. The first-order chi connectivity index (χ1) is 9.70. The van der Waals surface area contributed by atoms with E-state index in [9.17, 15) is 4.79 Å². The van der Waals surface area contributed by atoms with Crippen LogP contribution >= 0.6 is 0 Å². The first-order valence-corrected chi connectivity index (χ1v) is 6.62. The summed E-state index contributed by atoms with van der Waals surface area (Å²) in [7, 11) is 1.64. The number of hydrogen-bond donors (Lipinski definition) is 2. The van der Waals surface area contributed by atoms with E-state index in [0.29, 0.717) is 44.3 Å². The Morgan fingerprint density at radius 3 is 2.90 bits per heavy atom. The predicted octanol–water partition coefficient (Wildman–Crippen LogP) is 1.20. The number of carbonyl (C=O) groups is 1. The molecule has 0 unspecified atom stereocenters. The molecule has 20 heavy (non-hydrogen) atoms. The summed E-state index contributed by atoms with van der Waals surface area (Å²) >= 11 is 0. The standard InChI is InChI=1S/C14H20N2O4/c1-18-5-6-19-3-2-4-20-13-9-12-10(7-11(13)15)8-14(17)16-12/h7,9H,2-6,8,15H2,1H3,(H,16,17). The van der Waals surface area contributed by atoms with E-state index in [1.54, 1.807) is 19.2 Å². The zero-order valence-corrected chi connectivity index (χ0v) is 11.6. The van der Waals surface area contributed by atoms with Crippen molar-refractivity contribution in [3.63, 3.8) is 0 Å². The summed E-state index contributed by atoms with van der Waals surface area (Å²) in [4.78, 5) is 11.3. The van der Waals surface area contributed by atoms with Gasteiger partial charge in [-0.15, -0.1) is 0 Å². The van der Waals surface area contributed by atoms with Gasteiger partial charge >= 0.3 is 0 Å². The maximum Gasteiger partial charge on any atom is 0.228 e. The number of amides is 1. The van der Waals surface area contributed by atoms with Crippen molar-refractivity contribution in [2.45, 2.75) is 12.8 Å². The molecule has 0 bridgehead atoms. The zero-order valence-electron chi connectivity index (χ0n) is 11.6. The van der Waals surface area contributed by atoms with E-state index in [0.717, 1.165) is 17.7 Å². The summed E-state index contributed by atoms with van der Waals surface area (Å²) < 4.78 is 15.8. The fourth-order valence-corrected chi connectivity index (χ4v) is 1.99. The summed E-state index contributed by atoms with van der Waals surface area (Å²) in [5.74, 6) is 0.589. The van der Waals surface area contributed by atoms with Gasteiger partial charge in [-0.1, -0.05) is 0 Å². The molecule has 0 aromatic heterocycles. The molecule has 3 N–H and O–H groups in total. The number of carbonyl (C=O) groups excluding carboxylic acids is 1. The highest BCUT2D eigenvalue weighted by atomic mass is 16.5. The predicted molar refractivity (Wildman–Crippen MR) is 76.0 cm³/mol. The van der Waals surface area contributed by atoms with Crippen molar-refractivity contribution in [1.29, 1.82) is 0 Å². The van der Waals surface area contributed by atoms with E-state index < -0.39 is 0 Å². The van der Waals surface area contributed by atoms with E-state index in [1.165, 1.54) is 0 Å². The molecule has 0 atom stereocenters. The van der Waals surface area contributed by atoms with E-state index in [4.69, 9.17) is 19.9 Å². The maximum atomic E-state index is 11.3. The van der Waals surface area contributed by atoms with E-state index in [-0.39, 0.29) is 5.91 Å². The van der Waals surface area contributed by atoms with Gasteiger partial charge in [-0.05, 0) is 11.6 Å². The highest BCUT2D eigenvalue weighted by Crippen LogP contribution is 2.32. The molecule has 6 heteroatoms. The summed E-state index contributed by atoms with van der Waals surface area (Å²) in [6.45, 7) is 2.32. The normalized spacial score (nSPS) is 13.2. The summed E-state index contributed by atoms with van der Waals surface area (Å²) in [6, 6.07) is 3.57. The second kappa shape index (κ2) is 7.12. The Kier molecular flexibility index (Phi) is 5.20. The maximum absolute atomic E-state index is 11.3. The Bertz CT molecular complexity index is 476. The molecule has 0 radical (unpaired) electrons. The Labute approximate surface area is 118 Å². The largest absolute Gasteiger partial charge is 0.491 e. The number of rotatable bonds is 8. The van der Waals surface area contributed by atoms with Gasteiger partial charge in [0, 0.05) is 31.9 Å². The average molecular weight is 280 g/mol. The van der Waals surface area contributed by atoms with Crippen LogP contribution in [0.25, 0.3) is 0 Å². The molecule has 110 valence electrons. The van der Waals surface area contributed by atoms with Gasteiger partial charge in [-0.3, -0.25) is 4.79 Å². The smallest absolute Gasteiger partial charge is 0.228 e. The van der Waals surface area contributed by atoms with Crippen molar-refractivity contribution < 1.29 is 19.0 Å². The molecule has 1 amide bonds. The van der Waals surface area contributed by atoms with Crippen molar-refractivity contribution >= 4 is 17.3 Å². The molecule has 1 heterocycles. The number of methoxy groups -OCH3 is 1. The van der Waals surface area contributed by atoms with Crippen LogP contribution in [0.3, 0.4) is 0 Å². The molecule has 0 spiro atoms. The van der Waals surface area contributed by atoms with Gasteiger partial charge in [0.15, 0.2) is 0 Å². The number of benzene rings is 1. The third kappa shape index (κ3) is 3.85. The van der Waals surface area contributed by atoms with Crippen molar-refractivity contribution in [1.82, 2.24) is 0 Å². The molecular weight excluding hydrogens is 260 g/mol. The van der Waals surface area contributed by atoms with Gasteiger partial charge in [-0.2, -0.15) is 0 Å². The molecule has 1 aliphatic rings. The van der Waals surface area contributed by atoms with E-state index in [2.05, 4.69) is 5.32 Å². The van der Waals surface area contributed by atoms with Gasteiger partial charge in [-0.25, -0.2) is 0 Å². The van der Waals surface area contributed by atoms with Gasteiger partial charge in [0.25, 0.3) is 0 Å². The average Bonchev–Trinajstić information content (AvgIpc) is 2.77. The molecule has 0 saturated carbocycles. The Balaban J connectivity index is 1.76. The van der Waals surface area contributed by atoms with Crippen molar-refractivity contribution in [3.05, 3.63) is 17.7 Å². The topological polar surface area (TPSA) is 82.8 Å². The van der Waals surface area contributed by atoms with Gasteiger partial charge < -0.3 is 25.3 Å². The van der Waals surface area contributed by atoms with Crippen LogP contribution in [0.2, 0.25) is 0 Å². The summed E-state index contributed by atoms with van der Waals surface area (Å²) in [5.41, 5.74) is 8.17. The summed E-state index contributed by atoms with van der Waals surface area (Å²) in [5, 5.41) is 2.78. The molecule has 2 rings (SSSR count). The number of nitrogen functional groups attached to an aromatic ring is 1. The number of ether oxygens (including phenoxy) is 3. The minimum Gasteiger partial charge on any atom is -0.491 e. The van der Waals surface area contributed by atoms with E-state index in [1.807, 2.05) is 0 Å². The van der Waals surface area contributed by atoms with Crippen LogP contribution in [0.1, 0.15) is 12.0 Å². The number of nitrogens with two attached hydrogens (primary N) is 1. The van der Waals surface area contributed by atoms with Crippen LogP contribution < -0.4 is 15.8 Å². The monoisotopic (exact) mass is 280 g/mol. The van der Waals surface area contributed by atoms with E-state index >= 15 is 0 Å². The SMILES string of the molecule is COCCOCCCOc1cc2c(cc1N)CC(=O)N2. The fraction of sp³-hybridized carbons (Fsp3) is 0.500.